The number of benzene rings is 2. The Kier molecular flexibility index (Phi) is 6.95. The van der Waals surface area contributed by atoms with E-state index in [1.807, 2.05) is 19.1 Å². The van der Waals surface area contributed by atoms with E-state index >= 15 is 0 Å². The van der Waals surface area contributed by atoms with E-state index in [-0.39, 0.29) is 5.02 Å². The van der Waals surface area contributed by atoms with E-state index in [1.165, 1.54) is 36.8 Å². The molecule has 0 bridgehead atoms. The van der Waals surface area contributed by atoms with Crippen molar-refractivity contribution in [3.8, 4) is 16.9 Å². The van der Waals surface area contributed by atoms with Gasteiger partial charge in [-0.05, 0) is 60.4 Å². The van der Waals surface area contributed by atoms with E-state index in [0.717, 1.165) is 24.3 Å². The zero-order valence-electron chi connectivity index (χ0n) is 16.2. The molecule has 144 valence electrons. The molecular weight excluding hydrogens is 359 g/mol. The molecule has 1 aliphatic rings. The van der Waals surface area contributed by atoms with Crippen molar-refractivity contribution in [1.29, 1.82) is 0 Å². The van der Waals surface area contributed by atoms with Gasteiger partial charge in [0.05, 0.1) is 6.61 Å². The number of halogens is 2. The van der Waals surface area contributed by atoms with Crippen LogP contribution in [0.3, 0.4) is 0 Å². The van der Waals surface area contributed by atoms with E-state index in [2.05, 4.69) is 25.1 Å². The Morgan fingerprint density at radius 3 is 2.41 bits per heavy atom. The number of hydrogen-bond acceptors (Lipinski definition) is 1. The highest BCUT2D eigenvalue weighted by molar-refractivity contribution is 6.32. The lowest BCUT2D eigenvalue weighted by molar-refractivity contribution is 0.316. The predicted octanol–water partition coefficient (Wildman–Crippen LogP) is 7.92. The van der Waals surface area contributed by atoms with Crippen LogP contribution in [0.4, 0.5) is 4.39 Å². The fourth-order valence-electron chi connectivity index (χ4n) is 3.76. The van der Waals surface area contributed by atoms with Crippen LogP contribution in [0.2, 0.25) is 5.02 Å². The van der Waals surface area contributed by atoms with Crippen LogP contribution in [0.15, 0.2) is 42.5 Å². The predicted molar refractivity (Wildman–Crippen MR) is 113 cm³/mol. The first-order valence-corrected chi connectivity index (χ1v) is 10.4. The summed E-state index contributed by atoms with van der Waals surface area (Å²) in [5, 5.41) is 0.0574. The van der Waals surface area contributed by atoms with Crippen LogP contribution in [-0.2, 0) is 0 Å². The van der Waals surface area contributed by atoms with E-state index < -0.39 is 5.82 Å². The number of rotatable bonds is 7. The zero-order valence-corrected chi connectivity index (χ0v) is 17.0. The van der Waals surface area contributed by atoms with Gasteiger partial charge in [-0.15, -0.1) is 0 Å². The van der Waals surface area contributed by atoms with Crippen LogP contribution < -0.4 is 4.74 Å². The minimum atomic E-state index is -0.419. The van der Waals surface area contributed by atoms with Gasteiger partial charge >= 0.3 is 0 Å². The Morgan fingerprint density at radius 2 is 1.78 bits per heavy atom. The molecule has 0 aliphatic heterocycles. The summed E-state index contributed by atoms with van der Waals surface area (Å²) in [4.78, 5) is 0. The Hall–Kier alpha value is -1.80. The summed E-state index contributed by atoms with van der Waals surface area (Å²) in [5.41, 5.74) is 4.00. The van der Waals surface area contributed by atoms with E-state index in [9.17, 15) is 4.39 Å². The van der Waals surface area contributed by atoms with Crippen molar-refractivity contribution < 1.29 is 9.13 Å². The third kappa shape index (κ3) is 4.73. The van der Waals surface area contributed by atoms with Gasteiger partial charge in [-0.3, -0.25) is 0 Å². The van der Waals surface area contributed by atoms with E-state index in [0.29, 0.717) is 17.9 Å². The van der Waals surface area contributed by atoms with Gasteiger partial charge in [0.2, 0.25) is 0 Å². The maximum Gasteiger partial charge on any atom is 0.153 e. The zero-order chi connectivity index (χ0) is 19.2. The molecule has 1 unspecified atom stereocenters. The van der Waals surface area contributed by atoms with Gasteiger partial charge in [-0.2, -0.15) is 0 Å². The summed E-state index contributed by atoms with van der Waals surface area (Å²) < 4.78 is 20.2. The first kappa shape index (κ1) is 19.9. The molecule has 0 fully saturated rings. The monoisotopic (exact) mass is 386 g/mol. The summed E-state index contributed by atoms with van der Waals surface area (Å²) in [5.74, 6) is 0.824. The molecule has 0 heterocycles. The topological polar surface area (TPSA) is 9.23 Å². The number of hydrogen-bond donors (Lipinski definition) is 0. The van der Waals surface area contributed by atoms with Crippen LogP contribution in [0.25, 0.3) is 16.7 Å². The van der Waals surface area contributed by atoms with Crippen molar-refractivity contribution in [3.63, 3.8) is 0 Å². The average Bonchev–Trinajstić information content (AvgIpc) is 2.70. The van der Waals surface area contributed by atoms with E-state index in [1.54, 1.807) is 12.1 Å². The van der Waals surface area contributed by atoms with Crippen molar-refractivity contribution in [3.05, 3.63) is 58.9 Å². The maximum absolute atomic E-state index is 14.7. The fourth-order valence-corrected chi connectivity index (χ4v) is 3.98. The van der Waals surface area contributed by atoms with Gasteiger partial charge in [0, 0.05) is 5.56 Å². The Labute approximate surface area is 167 Å². The Bertz CT molecular complexity index is 795. The molecule has 0 saturated carbocycles. The molecule has 2 aromatic carbocycles. The van der Waals surface area contributed by atoms with Crippen molar-refractivity contribution in [1.82, 2.24) is 0 Å². The molecule has 0 saturated heterocycles. The standard InChI is InChI=1S/C24H28ClFO/c1-3-5-17-6-8-18(9-7-17)19-10-12-20(13-11-19)21-14-15-22(27-16-4-2)23(25)24(21)26/h8,10-15,17H,3-7,9,16H2,1-2H3. The molecule has 3 heteroatoms. The van der Waals surface area contributed by atoms with Gasteiger partial charge in [0.1, 0.15) is 10.8 Å². The van der Waals surface area contributed by atoms with Crippen molar-refractivity contribution >= 4 is 17.2 Å². The first-order chi connectivity index (χ1) is 13.1. The van der Waals surface area contributed by atoms with Crippen LogP contribution >= 0.6 is 11.6 Å². The third-order valence-electron chi connectivity index (χ3n) is 5.29. The molecule has 0 amide bonds. The SMILES string of the molecule is CCCOc1ccc(-c2ccc(C3=CCC(CCC)CC3)cc2)c(F)c1Cl. The van der Waals surface area contributed by atoms with Crippen LogP contribution in [-0.4, -0.2) is 6.61 Å². The summed E-state index contributed by atoms with van der Waals surface area (Å²) in [6.07, 6.45) is 9.40. The van der Waals surface area contributed by atoms with Crippen molar-refractivity contribution in [2.24, 2.45) is 5.92 Å². The lowest BCUT2D eigenvalue weighted by atomic mass is 9.84. The van der Waals surface area contributed by atoms with Crippen LogP contribution in [0.5, 0.6) is 5.75 Å². The molecule has 2 aromatic rings. The van der Waals surface area contributed by atoms with Crippen LogP contribution in [0, 0.1) is 11.7 Å². The summed E-state index contributed by atoms with van der Waals surface area (Å²) in [6.45, 7) is 4.79. The largest absolute Gasteiger partial charge is 0.492 e. The quantitative estimate of drug-likeness (QED) is 0.469. The van der Waals surface area contributed by atoms with Gasteiger partial charge in [0.15, 0.2) is 5.82 Å². The van der Waals surface area contributed by atoms with Crippen molar-refractivity contribution in [2.75, 3.05) is 6.61 Å². The molecule has 1 aliphatic carbocycles. The van der Waals surface area contributed by atoms with Gasteiger partial charge in [-0.1, -0.05) is 68.6 Å². The molecule has 0 N–H and O–H groups in total. The minimum absolute atomic E-state index is 0.0574. The highest BCUT2D eigenvalue weighted by atomic mass is 35.5. The molecular formula is C24H28ClFO. The second-order valence-corrected chi connectivity index (χ2v) is 7.70. The summed E-state index contributed by atoms with van der Waals surface area (Å²) in [6, 6.07) is 11.6. The maximum atomic E-state index is 14.7. The Morgan fingerprint density at radius 1 is 1.04 bits per heavy atom. The number of ether oxygens (including phenoxy) is 1. The summed E-state index contributed by atoms with van der Waals surface area (Å²) >= 11 is 6.17. The second-order valence-electron chi connectivity index (χ2n) is 7.32. The molecule has 3 rings (SSSR count). The molecule has 0 aromatic heterocycles. The van der Waals surface area contributed by atoms with E-state index in [4.69, 9.17) is 16.3 Å². The molecule has 1 nitrogen and oxygen atoms in total. The van der Waals surface area contributed by atoms with Gasteiger partial charge in [-0.25, -0.2) is 4.39 Å². The lowest BCUT2D eigenvalue weighted by Gasteiger charge is -2.21. The smallest absolute Gasteiger partial charge is 0.153 e. The lowest BCUT2D eigenvalue weighted by Crippen LogP contribution is -2.05. The average molecular weight is 387 g/mol. The molecule has 1 atom stereocenters. The fraction of sp³-hybridized carbons (Fsp3) is 0.417. The Balaban J connectivity index is 1.77. The second kappa shape index (κ2) is 9.41. The highest BCUT2D eigenvalue weighted by Crippen LogP contribution is 2.36. The number of allylic oxidation sites excluding steroid dienone is 2. The van der Waals surface area contributed by atoms with Crippen LogP contribution in [0.1, 0.15) is 57.9 Å². The molecule has 0 spiro atoms. The van der Waals surface area contributed by atoms with Gasteiger partial charge < -0.3 is 4.74 Å². The van der Waals surface area contributed by atoms with Crippen molar-refractivity contribution in [2.45, 2.75) is 52.4 Å². The molecule has 27 heavy (non-hydrogen) atoms. The minimum Gasteiger partial charge on any atom is -0.492 e. The summed E-state index contributed by atoms with van der Waals surface area (Å²) in [7, 11) is 0. The van der Waals surface area contributed by atoms with Gasteiger partial charge in [0.25, 0.3) is 0 Å². The third-order valence-corrected chi connectivity index (χ3v) is 5.64. The highest BCUT2D eigenvalue weighted by Gasteiger charge is 2.16. The molecule has 0 radical (unpaired) electrons. The normalized spacial score (nSPS) is 16.9. The first-order valence-electron chi connectivity index (χ1n) is 10.0.